The summed E-state index contributed by atoms with van der Waals surface area (Å²) in [5, 5.41) is 3.26. The van der Waals surface area contributed by atoms with Crippen LogP contribution in [0, 0.1) is 5.92 Å². The predicted octanol–water partition coefficient (Wildman–Crippen LogP) is 2.16. The van der Waals surface area contributed by atoms with Crippen molar-refractivity contribution in [2.75, 3.05) is 13.1 Å². The van der Waals surface area contributed by atoms with E-state index in [2.05, 4.69) is 5.32 Å². The van der Waals surface area contributed by atoms with Gasteiger partial charge in [-0.05, 0) is 68.8 Å². The van der Waals surface area contributed by atoms with Crippen LogP contribution in [-0.4, -0.2) is 26.8 Å². The molecule has 1 saturated carbocycles. The van der Waals surface area contributed by atoms with E-state index in [4.69, 9.17) is 0 Å². The number of hydrogen-bond donors (Lipinski definition) is 1. The van der Waals surface area contributed by atoms with Crippen LogP contribution in [0.3, 0.4) is 0 Å². The highest BCUT2D eigenvalue weighted by Gasteiger charge is 2.36. The minimum Gasteiger partial charge on any atom is -0.317 e. The van der Waals surface area contributed by atoms with Gasteiger partial charge >= 0.3 is 0 Å². The largest absolute Gasteiger partial charge is 0.317 e. The van der Waals surface area contributed by atoms with Gasteiger partial charge in [-0.2, -0.15) is 0 Å². The molecule has 1 aliphatic carbocycles. The van der Waals surface area contributed by atoms with E-state index < -0.39 is 9.84 Å². The van der Waals surface area contributed by atoms with Crippen LogP contribution < -0.4 is 5.32 Å². The molecule has 1 heterocycles. The Kier molecular flexibility index (Phi) is 3.63. The zero-order valence-electron chi connectivity index (χ0n) is 11.1. The van der Waals surface area contributed by atoms with Crippen LogP contribution in [0.4, 0.5) is 0 Å². The number of nitrogens with one attached hydrogen (secondary N) is 1. The van der Waals surface area contributed by atoms with E-state index in [0.717, 1.165) is 38.3 Å². The molecule has 3 nitrogen and oxygen atoms in total. The summed E-state index contributed by atoms with van der Waals surface area (Å²) in [6.45, 7) is 2.22. The van der Waals surface area contributed by atoms with E-state index in [9.17, 15) is 8.42 Å². The molecule has 1 saturated heterocycles. The van der Waals surface area contributed by atoms with Gasteiger partial charge in [0.05, 0.1) is 10.1 Å². The topological polar surface area (TPSA) is 46.2 Å². The fraction of sp³-hybridized carbons (Fsp3) is 0.600. The smallest absolute Gasteiger partial charge is 0.181 e. The predicted molar refractivity (Wildman–Crippen MR) is 75.9 cm³/mol. The highest BCUT2D eigenvalue weighted by molar-refractivity contribution is 7.92. The van der Waals surface area contributed by atoms with Gasteiger partial charge in [-0.1, -0.05) is 12.1 Å². The summed E-state index contributed by atoms with van der Waals surface area (Å²) < 4.78 is 24.2. The van der Waals surface area contributed by atoms with E-state index in [1.54, 1.807) is 12.1 Å². The molecule has 0 radical (unpaired) electrons. The summed E-state index contributed by atoms with van der Waals surface area (Å²) in [5.41, 5.74) is 1.27. The molecule has 104 valence electrons. The van der Waals surface area contributed by atoms with Crippen LogP contribution >= 0.6 is 0 Å². The second-order valence-corrected chi connectivity index (χ2v) is 8.01. The Morgan fingerprint density at radius 2 is 1.63 bits per heavy atom. The van der Waals surface area contributed by atoms with Gasteiger partial charge in [-0.15, -0.1) is 0 Å². The lowest BCUT2D eigenvalue weighted by molar-refractivity contribution is 0.372. The SMILES string of the molecule is O=S(=O)(c1ccc(CC2CCNCC2)cc1)C1CC1. The van der Waals surface area contributed by atoms with Crippen molar-refractivity contribution in [3.8, 4) is 0 Å². The van der Waals surface area contributed by atoms with Gasteiger partial charge in [0.15, 0.2) is 9.84 Å². The summed E-state index contributed by atoms with van der Waals surface area (Å²) in [6.07, 6.45) is 5.19. The quantitative estimate of drug-likeness (QED) is 0.918. The molecule has 19 heavy (non-hydrogen) atoms. The maximum absolute atomic E-state index is 12.1. The van der Waals surface area contributed by atoms with Gasteiger partial charge in [0.1, 0.15) is 0 Å². The van der Waals surface area contributed by atoms with E-state index >= 15 is 0 Å². The third kappa shape index (κ3) is 3.00. The van der Waals surface area contributed by atoms with Gasteiger partial charge in [0, 0.05) is 0 Å². The van der Waals surface area contributed by atoms with Crippen molar-refractivity contribution in [1.82, 2.24) is 5.32 Å². The summed E-state index contributed by atoms with van der Waals surface area (Å²) in [5.74, 6) is 0.743. The Balaban J connectivity index is 1.68. The number of hydrogen-bond acceptors (Lipinski definition) is 3. The van der Waals surface area contributed by atoms with Gasteiger partial charge in [0.25, 0.3) is 0 Å². The molecule has 4 heteroatoms. The summed E-state index contributed by atoms with van der Waals surface area (Å²) in [4.78, 5) is 0.504. The van der Waals surface area contributed by atoms with Crippen molar-refractivity contribution in [2.24, 2.45) is 5.92 Å². The average molecular weight is 279 g/mol. The van der Waals surface area contributed by atoms with Crippen LogP contribution in [-0.2, 0) is 16.3 Å². The fourth-order valence-electron chi connectivity index (χ4n) is 2.81. The molecule has 2 aliphatic rings. The van der Waals surface area contributed by atoms with Crippen molar-refractivity contribution in [1.29, 1.82) is 0 Å². The van der Waals surface area contributed by atoms with E-state index in [0.29, 0.717) is 4.90 Å². The summed E-state index contributed by atoms with van der Waals surface area (Å²) >= 11 is 0. The normalized spacial score (nSPS) is 21.5. The van der Waals surface area contributed by atoms with Crippen LogP contribution in [0.25, 0.3) is 0 Å². The van der Waals surface area contributed by atoms with Crippen LogP contribution in [0.15, 0.2) is 29.2 Å². The van der Waals surface area contributed by atoms with Crippen molar-refractivity contribution in [3.63, 3.8) is 0 Å². The van der Waals surface area contributed by atoms with E-state index in [1.165, 1.54) is 18.4 Å². The molecule has 0 unspecified atom stereocenters. The van der Waals surface area contributed by atoms with Gasteiger partial charge in [0.2, 0.25) is 0 Å². The molecular weight excluding hydrogens is 258 g/mol. The maximum Gasteiger partial charge on any atom is 0.181 e. The van der Waals surface area contributed by atoms with E-state index in [-0.39, 0.29) is 5.25 Å². The van der Waals surface area contributed by atoms with Crippen LogP contribution in [0.1, 0.15) is 31.2 Å². The first kappa shape index (κ1) is 13.1. The van der Waals surface area contributed by atoms with Crippen molar-refractivity contribution < 1.29 is 8.42 Å². The minimum atomic E-state index is -3.03. The molecule has 0 aromatic heterocycles. The molecule has 1 N–H and O–H groups in total. The monoisotopic (exact) mass is 279 g/mol. The average Bonchev–Trinajstić information content (AvgIpc) is 3.25. The number of rotatable bonds is 4. The fourth-order valence-corrected chi connectivity index (χ4v) is 4.46. The Labute approximate surface area is 115 Å². The molecule has 0 amide bonds. The van der Waals surface area contributed by atoms with Gasteiger partial charge < -0.3 is 5.32 Å². The van der Waals surface area contributed by atoms with Crippen molar-refractivity contribution >= 4 is 9.84 Å². The van der Waals surface area contributed by atoms with Gasteiger partial charge in [-0.25, -0.2) is 8.42 Å². The first-order valence-electron chi connectivity index (χ1n) is 7.20. The minimum absolute atomic E-state index is 0.109. The second kappa shape index (κ2) is 5.25. The molecule has 2 fully saturated rings. The lowest BCUT2D eigenvalue weighted by Crippen LogP contribution is -2.28. The second-order valence-electron chi connectivity index (χ2n) is 5.79. The third-order valence-electron chi connectivity index (χ3n) is 4.20. The first-order valence-corrected chi connectivity index (χ1v) is 8.74. The lowest BCUT2D eigenvalue weighted by Gasteiger charge is -2.22. The standard InChI is InChI=1S/C15H21NO2S/c17-19(18,15-5-6-15)14-3-1-12(2-4-14)11-13-7-9-16-10-8-13/h1-4,13,15-16H,5-11H2. The molecule has 1 aliphatic heterocycles. The summed E-state index contributed by atoms with van der Waals surface area (Å²) in [7, 11) is -3.03. The number of piperidine rings is 1. The Morgan fingerprint density at radius 3 is 2.21 bits per heavy atom. The molecule has 0 spiro atoms. The third-order valence-corrected chi connectivity index (χ3v) is 6.48. The maximum atomic E-state index is 12.1. The van der Waals surface area contributed by atoms with E-state index in [1.807, 2.05) is 12.1 Å². The lowest BCUT2D eigenvalue weighted by atomic mass is 9.91. The zero-order valence-corrected chi connectivity index (χ0v) is 12.0. The number of sulfone groups is 1. The van der Waals surface area contributed by atoms with Crippen molar-refractivity contribution in [2.45, 2.75) is 42.2 Å². The van der Waals surface area contributed by atoms with Crippen molar-refractivity contribution in [3.05, 3.63) is 29.8 Å². The Morgan fingerprint density at radius 1 is 1.00 bits per heavy atom. The zero-order chi connectivity index (χ0) is 13.3. The molecule has 3 rings (SSSR count). The highest BCUT2D eigenvalue weighted by atomic mass is 32.2. The Bertz CT molecular complexity index is 526. The van der Waals surface area contributed by atoms with Gasteiger partial charge in [-0.3, -0.25) is 0 Å². The molecule has 1 aromatic carbocycles. The molecule has 0 bridgehead atoms. The molecular formula is C15H21NO2S. The molecule has 0 atom stereocenters. The number of benzene rings is 1. The summed E-state index contributed by atoms with van der Waals surface area (Å²) in [6, 6.07) is 7.59. The Hall–Kier alpha value is -0.870. The molecule has 1 aromatic rings. The van der Waals surface area contributed by atoms with Crippen LogP contribution in [0.2, 0.25) is 0 Å². The first-order chi connectivity index (χ1) is 9.16. The van der Waals surface area contributed by atoms with Crippen LogP contribution in [0.5, 0.6) is 0 Å². The highest BCUT2D eigenvalue weighted by Crippen LogP contribution is 2.33.